The summed E-state index contributed by atoms with van der Waals surface area (Å²) in [6.07, 6.45) is 7.65. The summed E-state index contributed by atoms with van der Waals surface area (Å²) < 4.78 is 11.3. The summed E-state index contributed by atoms with van der Waals surface area (Å²) in [7, 11) is 0. The Bertz CT molecular complexity index is 939. The van der Waals surface area contributed by atoms with E-state index in [1.807, 2.05) is 17.0 Å². The molecular formula is C20H22N4O4S2. The highest BCUT2D eigenvalue weighted by molar-refractivity contribution is 8.01. The lowest BCUT2D eigenvalue weighted by molar-refractivity contribution is -0.128. The zero-order chi connectivity index (χ0) is 20.8. The van der Waals surface area contributed by atoms with Gasteiger partial charge in [0.25, 0.3) is 0 Å². The topological polar surface area (TPSA) is 93.6 Å². The van der Waals surface area contributed by atoms with E-state index in [4.69, 9.17) is 9.47 Å². The van der Waals surface area contributed by atoms with Crippen molar-refractivity contribution < 1.29 is 19.1 Å². The molecule has 30 heavy (non-hydrogen) atoms. The standard InChI is InChI=1S/C20H22N4O4S2/c25-17(8-6-14-5-7-15-16(11-14)28-13-27-15)21-19-22-23-20(30-19)29-12-18(26)24-9-3-1-2-4-10-24/h5-8,11H,1-4,9-10,12-13H2,(H,21,22,25). The summed E-state index contributed by atoms with van der Waals surface area (Å²) in [6, 6.07) is 5.46. The van der Waals surface area contributed by atoms with Gasteiger partial charge in [0.05, 0.1) is 5.75 Å². The summed E-state index contributed by atoms with van der Waals surface area (Å²) in [6.45, 7) is 1.89. The average Bonchev–Trinajstić information content (AvgIpc) is 3.31. The third-order valence-corrected chi connectivity index (χ3v) is 6.70. The molecule has 0 unspecified atom stereocenters. The van der Waals surface area contributed by atoms with Crippen molar-refractivity contribution >= 4 is 46.1 Å². The van der Waals surface area contributed by atoms with Gasteiger partial charge in [-0.05, 0) is 36.6 Å². The van der Waals surface area contributed by atoms with E-state index < -0.39 is 0 Å². The molecule has 10 heteroatoms. The smallest absolute Gasteiger partial charge is 0.250 e. The van der Waals surface area contributed by atoms with Gasteiger partial charge in [0.2, 0.25) is 23.7 Å². The second-order valence-corrected chi connectivity index (χ2v) is 9.09. The Balaban J connectivity index is 1.25. The van der Waals surface area contributed by atoms with Crippen LogP contribution in [0.25, 0.3) is 6.08 Å². The van der Waals surface area contributed by atoms with Crippen LogP contribution >= 0.6 is 23.1 Å². The summed E-state index contributed by atoms with van der Waals surface area (Å²) in [4.78, 5) is 26.5. The van der Waals surface area contributed by atoms with E-state index in [0.29, 0.717) is 26.7 Å². The van der Waals surface area contributed by atoms with Crippen LogP contribution in [0.15, 0.2) is 28.6 Å². The van der Waals surface area contributed by atoms with Crippen molar-refractivity contribution in [3.05, 3.63) is 29.8 Å². The summed E-state index contributed by atoms with van der Waals surface area (Å²) in [5.74, 6) is 1.53. The highest BCUT2D eigenvalue weighted by Crippen LogP contribution is 2.32. The zero-order valence-corrected chi connectivity index (χ0v) is 18.0. The number of likely N-dealkylation sites (tertiary alicyclic amines) is 1. The van der Waals surface area contributed by atoms with E-state index in [-0.39, 0.29) is 18.6 Å². The van der Waals surface area contributed by atoms with Crippen LogP contribution in [-0.4, -0.2) is 52.5 Å². The summed E-state index contributed by atoms with van der Waals surface area (Å²) in [5.41, 5.74) is 0.829. The maximum Gasteiger partial charge on any atom is 0.250 e. The Hall–Kier alpha value is -2.59. The number of ether oxygens (including phenoxy) is 2. The van der Waals surface area contributed by atoms with Crippen molar-refractivity contribution in [3.8, 4) is 11.5 Å². The third kappa shape index (κ3) is 5.51. The minimum atomic E-state index is -0.305. The van der Waals surface area contributed by atoms with Crippen LogP contribution < -0.4 is 14.8 Å². The first-order valence-electron chi connectivity index (χ1n) is 9.80. The van der Waals surface area contributed by atoms with Gasteiger partial charge in [-0.25, -0.2) is 0 Å². The molecule has 0 atom stereocenters. The second kappa shape index (κ2) is 9.94. The average molecular weight is 447 g/mol. The first-order valence-corrected chi connectivity index (χ1v) is 11.6. The molecule has 0 spiro atoms. The monoisotopic (exact) mass is 446 g/mol. The molecule has 0 radical (unpaired) electrons. The fourth-order valence-electron chi connectivity index (χ4n) is 3.19. The van der Waals surface area contributed by atoms with Crippen LogP contribution in [0.2, 0.25) is 0 Å². The summed E-state index contributed by atoms with van der Waals surface area (Å²) in [5, 5.41) is 11.1. The van der Waals surface area contributed by atoms with Crippen molar-refractivity contribution in [1.82, 2.24) is 15.1 Å². The van der Waals surface area contributed by atoms with Crippen molar-refractivity contribution in [2.75, 3.05) is 31.0 Å². The van der Waals surface area contributed by atoms with Crippen molar-refractivity contribution in [3.63, 3.8) is 0 Å². The molecule has 1 N–H and O–H groups in total. The number of fused-ring (bicyclic) bond motifs is 1. The number of nitrogens with one attached hydrogen (secondary N) is 1. The number of anilines is 1. The maximum atomic E-state index is 12.4. The maximum absolute atomic E-state index is 12.4. The summed E-state index contributed by atoms with van der Waals surface area (Å²) >= 11 is 2.62. The number of hydrogen-bond donors (Lipinski definition) is 1. The molecule has 4 rings (SSSR count). The highest BCUT2D eigenvalue weighted by atomic mass is 32.2. The van der Waals surface area contributed by atoms with Gasteiger partial charge in [0, 0.05) is 19.2 Å². The normalized spacial score (nSPS) is 15.9. The Kier molecular flexibility index (Phi) is 6.85. The van der Waals surface area contributed by atoms with E-state index in [9.17, 15) is 9.59 Å². The molecule has 1 fully saturated rings. The van der Waals surface area contributed by atoms with Crippen molar-refractivity contribution in [1.29, 1.82) is 0 Å². The molecule has 8 nitrogen and oxygen atoms in total. The number of hydrogen-bond acceptors (Lipinski definition) is 8. The van der Waals surface area contributed by atoms with E-state index in [0.717, 1.165) is 31.5 Å². The number of benzene rings is 1. The minimum Gasteiger partial charge on any atom is -0.454 e. The molecule has 1 aromatic carbocycles. The van der Waals surface area contributed by atoms with E-state index in [1.54, 1.807) is 12.1 Å². The molecule has 2 aromatic rings. The Labute approximate surface area is 182 Å². The van der Waals surface area contributed by atoms with Gasteiger partial charge in [-0.3, -0.25) is 14.9 Å². The molecule has 0 bridgehead atoms. The Morgan fingerprint density at radius 1 is 1.13 bits per heavy atom. The number of aromatic nitrogens is 2. The van der Waals surface area contributed by atoms with Gasteiger partial charge in [0.15, 0.2) is 15.8 Å². The first kappa shape index (κ1) is 20.7. The fraction of sp³-hybridized carbons (Fsp3) is 0.400. The number of nitrogens with zero attached hydrogens (tertiary/aromatic N) is 3. The van der Waals surface area contributed by atoms with Gasteiger partial charge < -0.3 is 14.4 Å². The van der Waals surface area contributed by atoms with E-state index in [2.05, 4.69) is 15.5 Å². The van der Waals surface area contributed by atoms with Crippen LogP contribution in [0.5, 0.6) is 11.5 Å². The number of carbonyl (C=O) groups excluding carboxylic acids is 2. The lowest BCUT2D eigenvalue weighted by atomic mass is 10.2. The third-order valence-electron chi connectivity index (χ3n) is 4.74. The molecule has 0 aliphatic carbocycles. The quantitative estimate of drug-likeness (QED) is 0.413. The van der Waals surface area contributed by atoms with Crippen LogP contribution in [0.3, 0.4) is 0 Å². The van der Waals surface area contributed by atoms with E-state index >= 15 is 0 Å². The predicted octanol–water partition coefficient (Wildman–Crippen LogP) is 3.41. The van der Waals surface area contributed by atoms with Gasteiger partial charge in [-0.15, -0.1) is 10.2 Å². The van der Waals surface area contributed by atoms with Gasteiger partial charge >= 0.3 is 0 Å². The molecule has 3 heterocycles. The van der Waals surface area contributed by atoms with Gasteiger partial charge in [0.1, 0.15) is 0 Å². The number of carbonyl (C=O) groups is 2. The lowest BCUT2D eigenvalue weighted by Gasteiger charge is -2.19. The first-order chi connectivity index (χ1) is 14.7. The molecule has 1 saturated heterocycles. The fourth-order valence-corrected chi connectivity index (χ4v) is 4.85. The molecule has 2 aliphatic heterocycles. The number of rotatable bonds is 6. The number of amides is 2. The van der Waals surface area contributed by atoms with Gasteiger partial charge in [-0.2, -0.15) is 0 Å². The minimum absolute atomic E-state index is 0.134. The molecule has 0 saturated carbocycles. The SMILES string of the molecule is O=C(C=Cc1ccc2c(c1)OCO2)Nc1nnc(SCC(=O)N2CCCCCC2)s1. The van der Waals surface area contributed by atoms with Crippen molar-refractivity contribution in [2.45, 2.75) is 30.0 Å². The van der Waals surface area contributed by atoms with Gasteiger partial charge in [-0.1, -0.05) is 42.0 Å². The lowest BCUT2D eigenvalue weighted by Crippen LogP contribution is -2.33. The predicted molar refractivity (Wildman–Crippen MR) is 116 cm³/mol. The Morgan fingerprint density at radius 2 is 1.93 bits per heavy atom. The molecule has 158 valence electrons. The van der Waals surface area contributed by atoms with Crippen molar-refractivity contribution in [2.24, 2.45) is 0 Å². The largest absolute Gasteiger partial charge is 0.454 e. The van der Waals surface area contributed by atoms with Crippen LogP contribution in [0.4, 0.5) is 5.13 Å². The molecule has 1 aromatic heterocycles. The molecule has 2 amide bonds. The molecule has 2 aliphatic rings. The highest BCUT2D eigenvalue weighted by Gasteiger charge is 2.17. The second-order valence-electron chi connectivity index (χ2n) is 6.89. The Morgan fingerprint density at radius 3 is 2.77 bits per heavy atom. The zero-order valence-electron chi connectivity index (χ0n) is 16.3. The van der Waals surface area contributed by atoms with Crippen LogP contribution in [0, 0.1) is 0 Å². The van der Waals surface area contributed by atoms with Crippen LogP contribution in [-0.2, 0) is 9.59 Å². The number of thioether (sulfide) groups is 1. The van der Waals surface area contributed by atoms with E-state index in [1.165, 1.54) is 42.0 Å². The molecular weight excluding hydrogens is 424 g/mol. The van der Waals surface area contributed by atoms with Crippen LogP contribution in [0.1, 0.15) is 31.2 Å².